The van der Waals surface area contributed by atoms with Crippen LogP contribution in [0.1, 0.15) is 0 Å². The van der Waals surface area contributed by atoms with Crippen LogP contribution < -0.4 is 0 Å². The van der Waals surface area contributed by atoms with Crippen molar-refractivity contribution in [3.05, 3.63) is 0 Å². The fraction of sp³-hybridized carbons (Fsp3) is 1.00. The summed E-state index contributed by atoms with van der Waals surface area (Å²) in [5, 5.41) is 18.9. The average Bonchev–Trinajstić information content (AvgIpc) is 2.61. The van der Waals surface area contributed by atoms with Gasteiger partial charge in [-0.1, -0.05) is 0 Å². The van der Waals surface area contributed by atoms with Gasteiger partial charge in [-0.2, -0.15) is 0 Å². The van der Waals surface area contributed by atoms with Crippen molar-refractivity contribution in [1.29, 1.82) is 0 Å². The summed E-state index contributed by atoms with van der Waals surface area (Å²) in [5.41, 5.74) is 0. The molecule has 2 saturated heterocycles. The lowest BCUT2D eigenvalue weighted by Gasteiger charge is -2.37. The largest absolute Gasteiger partial charge is 0.394 e. The minimum Gasteiger partial charge on any atom is -0.394 e. The van der Waals surface area contributed by atoms with Crippen LogP contribution in [0, 0.1) is 0 Å². The van der Waals surface area contributed by atoms with Gasteiger partial charge in [0.2, 0.25) is 0 Å². The predicted octanol–water partition coefficient (Wildman–Crippen LogP) is -1.65. The van der Waals surface area contributed by atoms with Crippen molar-refractivity contribution in [3.8, 4) is 0 Å². The van der Waals surface area contributed by atoms with Crippen molar-refractivity contribution in [2.24, 2.45) is 0 Å². The van der Waals surface area contributed by atoms with E-state index in [0.717, 1.165) is 26.2 Å². The van der Waals surface area contributed by atoms with E-state index in [9.17, 15) is 5.11 Å². The lowest BCUT2D eigenvalue weighted by atomic mass is 10.1. The smallest absolute Gasteiger partial charge is 0.108 e. The van der Waals surface area contributed by atoms with Crippen LogP contribution in [-0.4, -0.2) is 84.7 Å². The van der Waals surface area contributed by atoms with Crippen molar-refractivity contribution < 1.29 is 14.9 Å². The van der Waals surface area contributed by atoms with Crippen LogP contribution in [0.5, 0.6) is 0 Å². The molecule has 0 spiro atoms. The molecule has 2 rings (SSSR count). The number of nitrogens with zero attached hydrogens (tertiary/aromatic N) is 2. The molecule has 0 aromatic rings. The Balaban J connectivity index is 1.89. The van der Waals surface area contributed by atoms with E-state index >= 15 is 0 Å². The highest BCUT2D eigenvalue weighted by Gasteiger charge is 2.39. The quantitative estimate of drug-likeness (QED) is 0.579. The Kier molecular flexibility index (Phi) is 3.58. The number of piperazine rings is 1. The third kappa shape index (κ3) is 2.32. The van der Waals surface area contributed by atoms with Gasteiger partial charge in [-0.15, -0.1) is 0 Å². The average molecular weight is 216 g/mol. The molecule has 2 heterocycles. The molecule has 5 heteroatoms. The molecule has 5 nitrogen and oxygen atoms in total. The maximum absolute atomic E-state index is 9.93. The number of aliphatic hydroxyl groups excluding tert-OH is 2. The second-order valence-corrected chi connectivity index (χ2v) is 4.45. The lowest BCUT2D eigenvalue weighted by molar-refractivity contribution is -0.00412. The summed E-state index contributed by atoms with van der Waals surface area (Å²) in [6.07, 6.45) is -0.937. The molecule has 0 aromatic heterocycles. The molecule has 0 bridgehead atoms. The summed E-state index contributed by atoms with van der Waals surface area (Å²) in [4.78, 5) is 4.54. The Labute approximate surface area is 90.2 Å². The van der Waals surface area contributed by atoms with Crippen molar-refractivity contribution >= 4 is 0 Å². The van der Waals surface area contributed by atoms with Gasteiger partial charge in [-0.05, 0) is 7.05 Å². The molecule has 3 atom stereocenters. The molecule has 0 amide bonds. The number of likely N-dealkylation sites (N-methyl/N-ethyl adjacent to an activating group) is 1. The molecular weight excluding hydrogens is 196 g/mol. The van der Waals surface area contributed by atoms with Crippen LogP contribution in [-0.2, 0) is 4.74 Å². The Hall–Kier alpha value is -0.200. The number of ether oxygens (including phenoxy) is 1. The Morgan fingerprint density at radius 3 is 2.47 bits per heavy atom. The van der Waals surface area contributed by atoms with Gasteiger partial charge in [-0.3, -0.25) is 4.90 Å². The fourth-order valence-corrected chi connectivity index (χ4v) is 2.30. The van der Waals surface area contributed by atoms with Crippen molar-refractivity contribution in [2.75, 3.05) is 46.4 Å². The van der Waals surface area contributed by atoms with Crippen molar-refractivity contribution in [2.45, 2.75) is 18.2 Å². The summed E-state index contributed by atoms with van der Waals surface area (Å²) in [5.74, 6) is 0. The number of rotatable bonds is 2. The van der Waals surface area contributed by atoms with Gasteiger partial charge in [0.15, 0.2) is 0 Å². The number of hydrogen-bond donors (Lipinski definition) is 2. The van der Waals surface area contributed by atoms with Crippen LogP contribution in [0.3, 0.4) is 0 Å². The van der Waals surface area contributed by atoms with Gasteiger partial charge in [0.05, 0.1) is 19.3 Å². The van der Waals surface area contributed by atoms with Gasteiger partial charge in [0.1, 0.15) is 12.2 Å². The molecule has 0 radical (unpaired) electrons. The summed E-state index contributed by atoms with van der Waals surface area (Å²) in [6, 6.07) is 0.0656. The van der Waals surface area contributed by atoms with E-state index in [1.54, 1.807) is 0 Å². The number of aliphatic hydroxyl groups is 2. The topological polar surface area (TPSA) is 56.2 Å². The van der Waals surface area contributed by atoms with E-state index in [1.807, 2.05) is 0 Å². The molecule has 2 aliphatic rings. The maximum atomic E-state index is 9.93. The fourth-order valence-electron chi connectivity index (χ4n) is 2.30. The third-order valence-electron chi connectivity index (χ3n) is 3.44. The van der Waals surface area contributed by atoms with Crippen LogP contribution in [0.25, 0.3) is 0 Å². The molecule has 0 unspecified atom stereocenters. The van der Waals surface area contributed by atoms with E-state index in [4.69, 9.17) is 9.84 Å². The van der Waals surface area contributed by atoms with E-state index in [0.29, 0.717) is 6.61 Å². The first kappa shape index (κ1) is 11.3. The molecular formula is C10H20N2O3. The minimum atomic E-state index is -0.543. The summed E-state index contributed by atoms with van der Waals surface area (Å²) < 4.78 is 5.35. The zero-order valence-electron chi connectivity index (χ0n) is 9.17. The Morgan fingerprint density at radius 2 is 1.93 bits per heavy atom. The highest BCUT2D eigenvalue weighted by atomic mass is 16.5. The standard InChI is InChI=1S/C10H20N2O3/c1-11-2-4-12(5-3-11)8-7-15-9(6-13)10(8)14/h8-10,13-14H,2-7H2,1H3/t8-,9+,10-/m0/s1. The second-order valence-electron chi connectivity index (χ2n) is 4.45. The zero-order valence-corrected chi connectivity index (χ0v) is 9.17. The van der Waals surface area contributed by atoms with E-state index in [2.05, 4.69) is 16.8 Å². The second kappa shape index (κ2) is 4.76. The van der Waals surface area contributed by atoms with E-state index in [1.165, 1.54) is 0 Å². The molecule has 88 valence electrons. The summed E-state index contributed by atoms with van der Waals surface area (Å²) >= 11 is 0. The first-order chi connectivity index (χ1) is 7.22. The molecule has 0 aliphatic carbocycles. The molecule has 2 fully saturated rings. The normalized spacial score (nSPS) is 39.8. The highest BCUT2D eigenvalue weighted by Crippen LogP contribution is 2.20. The van der Waals surface area contributed by atoms with Crippen LogP contribution in [0.2, 0.25) is 0 Å². The Bertz CT molecular complexity index is 207. The highest BCUT2D eigenvalue weighted by molar-refractivity contribution is 4.91. The maximum Gasteiger partial charge on any atom is 0.108 e. The first-order valence-electron chi connectivity index (χ1n) is 5.55. The van der Waals surface area contributed by atoms with Crippen molar-refractivity contribution in [1.82, 2.24) is 9.80 Å². The number of hydrogen-bond acceptors (Lipinski definition) is 5. The van der Waals surface area contributed by atoms with Gasteiger partial charge in [-0.25, -0.2) is 0 Å². The van der Waals surface area contributed by atoms with E-state index in [-0.39, 0.29) is 12.6 Å². The predicted molar refractivity (Wildman–Crippen MR) is 55.7 cm³/mol. The summed E-state index contributed by atoms with van der Waals surface area (Å²) in [6.45, 7) is 4.46. The van der Waals surface area contributed by atoms with Crippen LogP contribution in [0.15, 0.2) is 0 Å². The van der Waals surface area contributed by atoms with Crippen LogP contribution >= 0.6 is 0 Å². The van der Waals surface area contributed by atoms with Gasteiger partial charge < -0.3 is 19.8 Å². The molecule has 15 heavy (non-hydrogen) atoms. The lowest BCUT2D eigenvalue weighted by Crippen LogP contribution is -2.53. The van der Waals surface area contributed by atoms with Gasteiger partial charge in [0.25, 0.3) is 0 Å². The summed E-state index contributed by atoms with van der Waals surface area (Å²) in [7, 11) is 2.11. The van der Waals surface area contributed by atoms with Gasteiger partial charge in [0, 0.05) is 26.2 Å². The zero-order chi connectivity index (χ0) is 10.8. The molecule has 2 aliphatic heterocycles. The Morgan fingerprint density at radius 1 is 1.27 bits per heavy atom. The third-order valence-corrected chi connectivity index (χ3v) is 3.44. The minimum absolute atomic E-state index is 0.0656. The molecule has 0 saturated carbocycles. The van der Waals surface area contributed by atoms with Crippen LogP contribution in [0.4, 0.5) is 0 Å². The molecule has 2 N–H and O–H groups in total. The monoisotopic (exact) mass is 216 g/mol. The molecule has 0 aromatic carbocycles. The van der Waals surface area contributed by atoms with Gasteiger partial charge >= 0.3 is 0 Å². The van der Waals surface area contributed by atoms with E-state index < -0.39 is 12.2 Å². The SMILES string of the molecule is CN1CCN([C@H]2CO[C@H](CO)[C@H]2O)CC1. The first-order valence-corrected chi connectivity index (χ1v) is 5.55. The van der Waals surface area contributed by atoms with Crippen molar-refractivity contribution in [3.63, 3.8) is 0 Å².